The smallest absolute Gasteiger partial charge is 0.343 e. The number of carbonyl (C=O) groups is 1. The third-order valence-corrected chi connectivity index (χ3v) is 6.34. The quantitative estimate of drug-likeness (QED) is 0.132. The molecule has 0 spiro atoms. The molecule has 5 heteroatoms. The van der Waals surface area contributed by atoms with E-state index in [0.717, 1.165) is 42.4 Å². The van der Waals surface area contributed by atoms with Crippen LogP contribution in [0.5, 0.6) is 5.75 Å². The summed E-state index contributed by atoms with van der Waals surface area (Å²) in [6.07, 6.45) is 16.6. The molecule has 3 aromatic rings. The lowest BCUT2D eigenvalue weighted by molar-refractivity contribution is 0.0734. The summed E-state index contributed by atoms with van der Waals surface area (Å²) in [4.78, 5) is 21.7. The van der Waals surface area contributed by atoms with Gasteiger partial charge in [-0.2, -0.15) is 5.26 Å². The second kappa shape index (κ2) is 14.8. The van der Waals surface area contributed by atoms with Crippen molar-refractivity contribution >= 4 is 5.97 Å². The summed E-state index contributed by atoms with van der Waals surface area (Å²) >= 11 is 0. The lowest BCUT2D eigenvalue weighted by Gasteiger charge is -2.09. The van der Waals surface area contributed by atoms with Crippen LogP contribution in [-0.2, 0) is 12.8 Å². The van der Waals surface area contributed by atoms with Crippen molar-refractivity contribution in [3.63, 3.8) is 0 Å². The van der Waals surface area contributed by atoms with Crippen LogP contribution < -0.4 is 4.74 Å². The molecule has 5 nitrogen and oxygen atoms in total. The Balaban J connectivity index is 1.57. The zero-order chi connectivity index (χ0) is 25.6. The monoisotopic (exact) mass is 483 g/mol. The molecule has 0 radical (unpaired) electrons. The molecule has 0 N–H and O–H groups in total. The largest absolute Gasteiger partial charge is 0.422 e. The van der Waals surface area contributed by atoms with Crippen LogP contribution in [0.2, 0.25) is 0 Å². The van der Waals surface area contributed by atoms with Crippen molar-refractivity contribution < 1.29 is 9.53 Å². The number of benzene rings is 2. The molecule has 0 saturated heterocycles. The molecule has 0 bridgehead atoms. The number of hydrogen-bond acceptors (Lipinski definition) is 5. The van der Waals surface area contributed by atoms with E-state index in [-0.39, 0.29) is 5.75 Å². The molecule has 0 atom stereocenters. The summed E-state index contributed by atoms with van der Waals surface area (Å²) in [5, 5.41) is 9.54. The Hall–Kier alpha value is -3.52. The van der Waals surface area contributed by atoms with E-state index < -0.39 is 5.97 Å². The minimum Gasteiger partial charge on any atom is -0.422 e. The Labute approximate surface area is 215 Å². The van der Waals surface area contributed by atoms with Gasteiger partial charge in [0.15, 0.2) is 5.82 Å². The van der Waals surface area contributed by atoms with E-state index >= 15 is 0 Å². The van der Waals surface area contributed by atoms with Crippen LogP contribution in [0.25, 0.3) is 11.4 Å². The number of hydrogen-bond donors (Lipinski definition) is 0. The highest BCUT2D eigenvalue weighted by molar-refractivity contribution is 5.91. The van der Waals surface area contributed by atoms with Crippen molar-refractivity contribution in [3.05, 3.63) is 77.1 Å². The Morgan fingerprint density at radius 3 is 2.06 bits per heavy atom. The average molecular weight is 484 g/mol. The Bertz CT molecular complexity index is 1130. The maximum absolute atomic E-state index is 12.7. The van der Waals surface area contributed by atoms with Gasteiger partial charge in [0, 0.05) is 18.0 Å². The Morgan fingerprint density at radius 1 is 0.806 bits per heavy atom. The lowest BCUT2D eigenvalue weighted by Crippen LogP contribution is -2.09. The van der Waals surface area contributed by atoms with E-state index in [0.29, 0.717) is 17.0 Å². The predicted octanol–water partition coefficient (Wildman–Crippen LogP) is 7.87. The zero-order valence-electron chi connectivity index (χ0n) is 21.6. The fourth-order valence-corrected chi connectivity index (χ4v) is 4.14. The van der Waals surface area contributed by atoms with Gasteiger partial charge in [0.25, 0.3) is 0 Å². The third-order valence-electron chi connectivity index (χ3n) is 6.34. The van der Waals surface area contributed by atoms with E-state index in [2.05, 4.69) is 29.9 Å². The predicted molar refractivity (Wildman–Crippen MR) is 144 cm³/mol. The molecule has 0 aliphatic carbocycles. The van der Waals surface area contributed by atoms with Gasteiger partial charge in [0.1, 0.15) is 11.8 Å². The van der Waals surface area contributed by atoms with Crippen LogP contribution in [0.15, 0.2) is 54.9 Å². The van der Waals surface area contributed by atoms with Gasteiger partial charge in [-0.25, -0.2) is 14.8 Å². The molecule has 0 unspecified atom stereocenters. The summed E-state index contributed by atoms with van der Waals surface area (Å²) in [6, 6.07) is 14.7. The topological polar surface area (TPSA) is 75.9 Å². The molecule has 0 saturated carbocycles. The number of nitrogens with zero attached hydrogens (tertiary/aromatic N) is 3. The minimum atomic E-state index is -0.493. The van der Waals surface area contributed by atoms with Crippen molar-refractivity contribution in [2.75, 3.05) is 0 Å². The maximum Gasteiger partial charge on any atom is 0.343 e. The van der Waals surface area contributed by atoms with Gasteiger partial charge in [-0.1, -0.05) is 77.0 Å². The van der Waals surface area contributed by atoms with E-state index in [1.165, 1.54) is 44.9 Å². The average Bonchev–Trinajstić information content (AvgIpc) is 2.92. The van der Waals surface area contributed by atoms with Crippen molar-refractivity contribution in [1.29, 1.82) is 5.26 Å². The van der Waals surface area contributed by atoms with E-state index in [1.807, 2.05) is 36.7 Å². The van der Waals surface area contributed by atoms with Gasteiger partial charge in [-0.3, -0.25) is 0 Å². The molecular weight excluding hydrogens is 446 g/mol. The van der Waals surface area contributed by atoms with Crippen LogP contribution in [-0.4, -0.2) is 15.9 Å². The summed E-state index contributed by atoms with van der Waals surface area (Å²) in [5.74, 6) is 0.427. The highest BCUT2D eigenvalue weighted by atomic mass is 16.5. The van der Waals surface area contributed by atoms with Crippen LogP contribution in [0.1, 0.15) is 98.7 Å². The van der Waals surface area contributed by atoms with Crippen LogP contribution in [0.3, 0.4) is 0 Å². The summed E-state index contributed by atoms with van der Waals surface area (Å²) in [7, 11) is 0. The molecule has 3 rings (SSSR count). The van der Waals surface area contributed by atoms with Crippen molar-refractivity contribution in [3.8, 4) is 23.2 Å². The molecule has 0 aliphatic heterocycles. The highest BCUT2D eigenvalue weighted by Crippen LogP contribution is 2.23. The first-order valence-corrected chi connectivity index (χ1v) is 13.3. The first kappa shape index (κ1) is 27.1. The molecule has 0 amide bonds. The van der Waals surface area contributed by atoms with E-state index in [4.69, 9.17) is 4.74 Å². The molecule has 188 valence electrons. The van der Waals surface area contributed by atoms with Gasteiger partial charge in [0.05, 0.1) is 11.1 Å². The number of rotatable bonds is 14. The summed E-state index contributed by atoms with van der Waals surface area (Å²) in [6.45, 7) is 4.41. The van der Waals surface area contributed by atoms with Crippen LogP contribution in [0.4, 0.5) is 0 Å². The number of esters is 1. The van der Waals surface area contributed by atoms with Gasteiger partial charge in [-0.05, 0) is 61.1 Å². The second-order valence-electron chi connectivity index (χ2n) is 9.30. The second-order valence-corrected chi connectivity index (χ2v) is 9.30. The SMILES string of the molecule is CCCCCCCc1cnc(-c2ccc(C(=O)Oc3ccc(CCCCCC)cc3C#N)cc2)nc1. The number of unbranched alkanes of at least 4 members (excludes halogenated alkanes) is 7. The molecule has 2 aromatic carbocycles. The molecule has 0 aliphatic rings. The molecule has 36 heavy (non-hydrogen) atoms. The Morgan fingerprint density at radius 2 is 1.42 bits per heavy atom. The third kappa shape index (κ3) is 8.30. The normalized spacial score (nSPS) is 10.7. The van der Waals surface area contributed by atoms with Gasteiger partial charge in [-0.15, -0.1) is 0 Å². The van der Waals surface area contributed by atoms with Gasteiger partial charge in [0.2, 0.25) is 0 Å². The summed E-state index contributed by atoms with van der Waals surface area (Å²) < 4.78 is 5.55. The number of ether oxygens (including phenoxy) is 1. The molecule has 1 heterocycles. The van der Waals surface area contributed by atoms with Gasteiger partial charge < -0.3 is 4.74 Å². The molecule has 1 aromatic heterocycles. The maximum atomic E-state index is 12.7. The Kier molecular flexibility index (Phi) is 11.1. The van der Waals surface area contributed by atoms with Crippen molar-refractivity contribution in [2.45, 2.75) is 84.5 Å². The summed E-state index contributed by atoms with van der Waals surface area (Å²) in [5.41, 5.74) is 3.87. The molecular formula is C31H37N3O2. The van der Waals surface area contributed by atoms with Crippen LogP contribution >= 0.6 is 0 Å². The van der Waals surface area contributed by atoms with Crippen molar-refractivity contribution in [1.82, 2.24) is 9.97 Å². The van der Waals surface area contributed by atoms with Crippen LogP contribution in [0, 0.1) is 11.3 Å². The number of aryl methyl sites for hydroxylation is 2. The molecule has 0 fully saturated rings. The minimum absolute atomic E-state index is 0.289. The standard InChI is InChI=1S/C31H37N3O2/c1-3-5-7-9-11-13-25-22-33-30(34-23-25)26-15-17-27(18-16-26)31(35)36-29-19-14-24(20-28(29)21-32)12-10-8-6-4-2/h14-20,22-23H,3-13H2,1-2H3. The fourth-order valence-electron chi connectivity index (χ4n) is 4.14. The first-order valence-electron chi connectivity index (χ1n) is 13.3. The van der Waals surface area contributed by atoms with Gasteiger partial charge >= 0.3 is 5.97 Å². The fraction of sp³-hybridized carbons (Fsp3) is 0.419. The van der Waals surface area contributed by atoms with Crippen molar-refractivity contribution in [2.24, 2.45) is 0 Å². The zero-order valence-corrected chi connectivity index (χ0v) is 21.6. The lowest BCUT2D eigenvalue weighted by atomic mass is 10.0. The first-order chi connectivity index (χ1) is 17.6. The van der Waals surface area contributed by atoms with E-state index in [1.54, 1.807) is 18.2 Å². The number of aromatic nitrogens is 2. The highest BCUT2D eigenvalue weighted by Gasteiger charge is 2.13. The van der Waals surface area contributed by atoms with E-state index in [9.17, 15) is 10.1 Å². The number of nitriles is 1. The number of carbonyl (C=O) groups excluding carboxylic acids is 1.